The van der Waals surface area contributed by atoms with Gasteiger partial charge >= 0.3 is 0 Å². The molecule has 0 fully saturated rings. The number of rotatable bonds is 5. The maximum atomic E-state index is 12.7. The first-order chi connectivity index (χ1) is 7.13. The molecule has 0 aliphatic heterocycles. The second-order valence-electron chi connectivity index (χ2n) is 3.20. The Kier molecular flexibility index (Phi) is 4.98. The SMILES string of the molecule is OCC(O)CNCc1ccc(F)cc1Cl. The molecule has 0 radical (unpaired) electrons. The van der Waals surface area contributed by atoms with E-state index in [0.717, 1.165) is 5.56 Å². The van der Waals surface area contributed by atoms with Crippen molar-refractivity contribution in [3.05, 3.63) is 34.6 Å². The van der Waals surface area contributed by atoms with Crippen LogP contribution in [-0.2, 0) is 6.54 Å². The van der Waals surface area contributed by atoms with Gasteiger partial charge in [-0.3, -0.25) is 0 Å². The van der Waals surface area contributed by atoms with Gasteiger partial charge in [0.2, 0.25) is 0 Å². The van der Waals surface area contributed by atoms with Gasteiger partial charge < -0.3 is 15.5 Å². The lowest BCUT2D eigenvalue weighted by Crippen LogP contribution is -2.29. The van der Waals surface area contributed by atoms with E-state index in [9.17, 15) is 4.39 Å². The van der Waals surface area contributed by atoms with Crippen molar-refractivity contribution in [3.8, 4) is 0 Å². The van der Waals surface area contributed by atoms with Crippen LogP contribution < -0.4 is 5.32 Å². The molecule has 15 heavy (non-hydrogen) atoms. The van der Waals surface area contributed by atoms with E-state index < -0.39 is 6.10 Å². The van der Waals surface area contributed by atoms with Gasteiger partial charge in [0.1, 0.15) is 5.82 Å². The van der Waals surface area contributed by atoms with Crippen LogP contribution in [0.4, 0.5) is 4.39 Å². The quantitative estimate of drug-likeness (QED) is 0.709. The minimum absolute atomic E-state index is 0.268. The summed E-state index contributed by atoms with van der Waals surface area (Å²) in [5.41, 5.74) is 0.753. The summed E-state index contributed by atoms with van der Waals surface area (Å²) in [6.45, 7) is 0.407. The standard InChI is InChI=1S/C10H13ClFNO2/c11-10-3-8(12)2-1-7(10)4-13-5-9(15)6-14/h1-3,9,13-15H,4-6H2. The highest BCUT2D eigenvalue weighted by Crippen LogP contribution is 2.16. The molecule has 1 aromatic rings. The molecule has 0 amide bonds. The molecule has 3 N–H and O–H groups in total. The maximum Gasteiger partial charge on any atom is 0.124 e. The zero-order chi connectivity index (χ0) is 11.3. The first kappa shape index (κ1) is 12.4. The average molecular weight is 234 g/mol. The van der Waals surface area contributed by atoms with Crippen molar-refractivity contribution in [2.45, 2.75) is 12.6 Å². The smallest absolute Gasteiger partial charge is 0.124 e. The van der Waals surface area contributed by atoms with Crippen LogP contribution >= 0.6 is 11.6 Å². The molecule has 1 rings (SSSR count). The Bertz CT molecular complexity index is 322. The molecule has 3 nitrogen and oxygen atoms in total. The molecule has 0 saturated heterocycles. The van der Waals surface area contributed by atoms with E-state index in [-0.39, 0.29) is 19.0 Å². The number of aliphatic hydroxyl groups is 2. The molecular formula is C10H13ClFNO2. The van der Waals surface area contributed by atoms with E-state index >= 15 is 0 Å². The van der Waals surface area contributed by atoms with Crippen LogP contribution in [0.5, 0.6) is 0 Å². The zero-order valence-corrected chi connectivity index (χ0v) is 8.84. The van der Waals surface area contributed by atoms with Crippen LogP contribution in [0.3, 0.4) is 0 Å². The summed E-state index contributed by atoms with van der Waals surface area (Å²) in [5, 5.41) is 20.8. The number of nitrogens with one attached hydrogen (secondary N) is 1. The van der Waals surface area contributed by atoms with Crippen molar-refractivity contribution >= 4 is 11.6 Å². The minimum atomic E-state index is -0.788. The number of aliphatic hydroxyl groups excluding tert-OH is 2. The Morgan fingerprint density at radius 2 is 2.20 bits per heavy atom. The van der Waals surface area contributed by atoms with Crippen LogP contribution in [0.2, 0.25) is 5.02 Å². The van der Waals surface area contributed by atoms with Crippen LogP contribution in [-0.4, -0.2) is 29.5 Å². The largest absolute Gasteiger partial charge is 0.394 e. The fourth-order valence-corrected chi connectivity index (χ4v) is 1.34. The highest BCUT2D eigenvalue weighted by molar-refractivity contribution is 6.31. The molecule has 1 unspecified atom stereocenters. The number of hydrogen-bond acceptors (Lipinski definition) is 3. The Labute approximate surface area is 92.5 Å². The summed E-state index contributed by atoms with van der Waals surface area (Å²) in [7, 11) is 0. The molecule has 1 aromatic carbocycles. The first-order valence-electron chi connectivity index (χ1n) is 4.57. The van der Waals surface area contributed by atoms with Gasteiger partial charge in [-0.05, 0) is 17.7 Å². The normalized spacial score (nSPS) is 12.8. The highest BCUT2D eigenvalue weighted by atomic mass is 35.5. The molecule has 0 heterocycles. The van der Waals surface area contributed by atoms with Crippen LogP contribution in [0.15, 0.2) is 18.2 Å². The fourth-order valence-electron chi connectivity index (χ4n) is 1.10. The molecule has 5 heteroatoms. The summed E-state index contributed by atoms with van der Waals surface area (Å²) in [4.78, 5) is 0. The first-order valence-corrected chi connectivity index (χ1v) is 4.95. The number of benzene rings is 1. The van der Waals surface area contributed by atoms with Crippen LogP contribution in [0.25, 0.3) is 0 Å². The number of halogens is 2. The Balaban J connectivity index is 2.44. The predicted octanol–water partition coefficient (Wildman–Crippen LogP) is 0.922. The second-order valence-corrected chi connectivity index (χ2v) is 3.61. The van der Waals surface area contributed by atoms with Crippen LogP contribution in [0.1, 0.15) is 5.56 Å². The van der Waals surface area contributed by atoms with Gasteiger partial charge in [0.15, 0.2) is 0 Å². The third-order valence-corrected chi connectivity index (χ3v) is 2.27. The van der Waals surface area contributed by atoms with Crippen molar-refractivity contribution in [3.63, 3.8) is 0 Å². The predicted molar refractivity (Wildman–Crippen MR) is 56.2 cm³/mol. The summed E-state index contributed by atoms with van der Waals surface area (Å²) in [6, 6.07) is 4.14. The highest BCUT2D eigenvalue weighted by Gasteiger charge is 2.04. The third-order valence-electron chi connectivity index (χ3n) is 1.92. The van der Waals surface area contributed by atoms with E-state index in [1.165, 1.54) is 12.1 Å². The van der Waals surface area contributed by atoms with E-state index in [4.69, 9.17) is 21.8 Å². The average Bonchev–Trinajstić information content (AvgIpc) is 2.21. The van der Waals surface area contributed by atoms with E-state index in [0.29, 0.717) is 11.6 Å². The number of hydrogen-bond donors (Lipinski definition) is 3. The minimum Gasteiger partial charge on any atom is -0.394 e. The van der Waals surface area contributed by atoms with Crippen molar-refractivity contribution < 1.29 is 14.6 Å². The van der Waals surface area contributed by atoms with Crippen LogP contribution in [0, 0.1) is 5.82 Å². The molecule has 0 bridgehead atoms. The van der Waals surface area contributed by atoms with Crippen molar-refractivity contribution in [2.24, 2.45) is 0 Å². The Morgan fingerprint density at radius 3 is 2.80 bits per heavy atom. The lowest BCUT2D eigenvalue weighted by atomic mass is 10.2. The molecule has 0 aromatic heterocycles. The Hall–Kier alpha value is -0.680. The van der Waals surface area contributed by atoms with E-state index in [1.54, 1.807) is 6.07 Å². The van der Waals surface area contributed by atoms with Gasteiger partial charge in [-0.1, -0.05) is 17.7 Å². The Morgan fingerprint density at radius 1 is 1.47 bits per heavy atom. The fraction of sp³-hybridized carbons (Fsp3) is 0.400. The molecule has 0 aliphatic rings. The van der Waals surface area contributed by atoms with E-state index in [1.807, 2.05) is 0 Å². The molecule has 84 valence electrons. The van der Waals surface area contributed by atoms with Crippen molar-refractivity contribution in [2.75, 3.05) is 13.2 Å². The summed E-state index contributed by atoms with van der Waals surface area (Å²) in [6.07, 6.45) is -0.788. The molecule has 0 aliphatic carbocycles. The zero-order valence-electron chi connectivity index (χ0n) is 8.08. The van der Waals surface area contributed by atoms with Gasteiger partial charge in [0.05, 0.1) is 12.7 Å². The monoisotopic (exact) mass is 233 g/mol. The van der Waals surface area contributed by atoms with Crippen molar-refractivity contribution in [1.82, 2.24) is 5.32 Å². The van der Waals surface area contributed by atoms with E-state index in [2.05, 4.69) is 5.32 Å². The molecule has 1 atom stereocenters. The molecular weight excluding hydrogens is 221 g/mol. The van der Waals surface area contributed by atoms with Crippen molar-refractivity contribution in [1.29, 1.82) is 0 Å². The second kappa shape index (κ2) is 6.02. The van der Waals surface area contributed by atoms with Gasteiger partial charge in [0.25, 0.3) is 0 Å². The van der Waals surface area contributed by atoms with Gasteiger partial charge in [-0.25, -0.2) is 4.39 Å². The summed E-state index contributed by atoms with van der Waals surface area (Å²) >= 11 is 5.79. The summed E-state index contributed by atoms with van der Waals surface area (Å²) < 4.78 is 12.7. The van der Waals surface area contributed by atoms with Gasteiger partial charge in [-0.2, -0.15) is 0 Å². The summed E-state index contributed by atoms with van der Waals surface area (Å²) in [5.74, 6) is -0.376. The third kappa shape index (κ3) is 4.13. The topological polar surface area (TPSA) is 52.5 Å². The lowest BCUT2D eigenvalue weighted by molar-refractivity contribution is 0.0942. The maximum absolute atomic E-state index is 12.7. The lowest BCUT2D eigenvalue weighted by Gasteiger charge is -2.09. The van der Waals surface area contributed by atoms with Gasteiger partial charge in [0, 0.05) is 18.1 Å². The molecule has 0 saturated carbocycles. The molecule has 0 spiro atoms. The van der Waals surface area contributed by atoms with Gasteiger partial charge in [-0.15, -0.1) is 0 Å².